The minimum absolute atomic E-state index is 0.276. The first-order chi connectivity index (χ1) is 7.61. The Hall–Kier alpha value is -1.71. The van der Waals surface area contributed by atoms with Gasteiger partial charge in [-0.3, -0.25) is 4.79 Å². The van der Waals surface area contributed by atoms with Crippen LogP contribution in [0.3, 0.4) is 0 Å². The second-order valence-corrected chi connectivity index (χ2v) is 3.44. The van der Waals surface area contributed by atoms with Crippen LogP contribution in [-0.4, -0.2) is 19.7 Å². The van der Waals surface area contributed by atoms with Crippen LogP contribution in [0.5, 0.6) is 5.75 Å². The lowest BCUT2D eigenvalue weighted by atomic mass is 9.99. The van der Waals surface area contributed by atoms with E-state index in [-0.39, 0.29) is 11.9 Å². The van der Waals surface area contributed by atoms with Crippen molar-refractivity contribution in [3.63, 3.8) is 0 Å². The van der Waals surface area contributed by atoms with Gasteiger partial charge >= 0.3 is 5.97 Å². The Bertz CT molecular complexity index is 377. The highest BCUT2D eigenvalue weighted by molar-refractivity contribution is 5.81. The zero-order valence-electron chi connectivity index (χ0n) is 9.82. The number of hydrogen-bond donors (Lipinski definition) is 1. The van der Waals surface area contributed by atoms with E-state index in [9.17, 15) is 4.79 Å². The largest absolute Gasteiger partial charge is 0.495 e. The van der Waals surface area contributed by atoms with Gasteiger partial charge in [-0.05, 0) is 25.5 Å². The molecule has 0 heterocycles. The van der Waals surface area contributed by atoms with Gasteiger partial charge in [0.2, 0.25) is 0 Å². The predicted molar refractivity (Wildman–Crippen MR) is 62.5 cm³/mol. The van der Waals surface area contributed by atoms with Gasteiger partial charge in [-0.25, -0.2) is 0 Å². The predicted octanol–water partition coefficient (Wildman–Crippen LogP) is 1.94. The van der Waals surface area contributed by atoms with Crippen LogP contribution in [0.1, 0.15) is 25.3 Å². The van der Waals surface area contributed by atoms with Gasteiger partial charge < -0.3 is 15.2 Å². The second kappa shape index (κ2) is 5.39. The molecule has 1 aromatic rings. The quantitative estimate of drug-likeness (QED) is 0.626. The Labute approximate surface area is 95.3 Å². The monoisotopic (exact) mass is 223 g/mol. The van der Waals surface area contributed by atoms with Gasteiger partial charge in [0.05, 0.1) is 25.3 Å². The third-order valence-electron chi connectivity index (χ3n) is 2.43. The van der Waals surface area contributed by atoms with Crippen molar-refractivity contribution < 1.29 is 14.3 Å². The fraction of sp³-hybridized carbons (Fsp3) is 0.417. The SMILES string of the molecule is CCOC(=O)C(C)c1cccc(OC)c1N. The summed E-state index contributed by atoms with van der Waals surface area (Å²) in [5.41, 5.74) is 7.12. The van der Waals surface area contributed by atoms with Crippen LogP contribution in [0.4, 0.5) is 5.69 Å². The van der Waals surface area contributed by atoms with Crippen LogP contribution >= 0.6 is 0 Å². The van der Waals surface area contributed by atoms with E-state index in [4.69, 9.17) is 15.2 Å². The van der Waals surface area contributed by atoms with Crippen molar-refractivity contribution in [1.29, 1.82) is 0 Å². The van der Waals surface area contributed by atoms with Crippen molar-refractivity contribution in [1.82, 2.24) is 0 Å². The molecule has 1 rings (SSSR count). The Morgan fingerprint density at radius 1 is 1.50 bits per heavy atom. The van der Waals surface area contributed by atoms with Gasteiger partial charge in [0.1, 0.15) is 5.75 Å². The lowest BCUT2D eigenvalue weighted by Gasteiger charge is -2.15. The molecule has 0 aliphatic rings. The molecule has 1 aromatic carbocycles. The van der Waals surface area contributed by atoms with Gasteiger partial charge in [-0.1, -0.05) is 12.1 Å². The smallest absolute Gasteiger partial charge is 0.313 e. The van der Waals surface area contributed by atoms with Crippen LogP contribution in [0.25, 0.3) is 0 Å². The first-order valence-electron chi connectivity index (χ1n) is 5.20. The molecule has 0 saturated heterocycles. The van der Waals surface area contributed by atoms with Gasteiger partial charge in [-0.2, -0.15) is 0 Å². The number of ether oxygens (including phenoxy) is 2. The van der Waals surface area contributed by atoms with Crippen molar-refractivity contribution in [2.45, 2.75) is 19.8 Å². The molecule has 1 unspecified atom stereocenters. The number of carbonyl (C=O) groups is 1. The fourth-order valence-corrected chi connectivity index (χ4v) is 1.51. The van der Waals surface area contributed by atoms with E-state index in [0.717, 1.165) is 5.56 Å². The molecule has 88 valence electrons. The number of para-hydroxylation sites is 1. The minimum atomic E-state index is -0.380. The highest BCUT2D eigenvalue weighted by Gasteiger charge is 2.20. The van der Waals surface area contributed by atoms with Crippen LogP contribution in [0.15, 0.2) is 18.2 Å². The van der Waals surface area contributed by atoms with Crippen molar-refractivity contribution in [2.24, 2.45) is 0 Å². The molecule has 0 amide bonds. The maximum absolute atomic E-state index is 11.6. The van der Waals surface area contributed by atoms with Crippen molar-refractivity contribution >= 4 is 11.7 Å². The first kappa shape index (κ1) is 12.4. The minimum Gasteiger partial charge on any atom is -0.495 e. The van der Waals surface area contributed by atoms with Gasteiger partial charge in [0.25, 0.3) is 0 Å². The normalized spacial score (nSPS) is 11.9. The van der Waals surface area contributed by atoms with E-state index < -0.39 is 0 Å². The average molecular weight is 223 g/mol. The lowest BCUT2D eigenvalue weighted by molar-refractivity contribution is -0.144. The van der Waals surface area contributed by atoms with Crippen molar-refractivity contribution in [3.8, 4) is 5.75 Å². The van der Waals surface area contributed by atoms with E-state index in [2.05, 4.69) is 0 Å². The van der Waals surface area contributed by atoms with Gasteiger partial charge in [0.15, 0.2) is 0 Å². The Kier molecular flexibility index (Phi) is 4.17. The van der Waals surface area contributed by atoms with E-state index in [1.165, 1.54) is 0 Å². The summed E-state index contributed by atoms with van der Waals surface area (Å²) >= 11 is 0. The van der Waals surface area contributed by atoms with Gasteiger partial charge in [0, 0.05) is 0 Å². The topological polar surface area (TPSA) is 61.5 Å². The molecule has 0 aliphatic heterocycles. The maximum Gasteiger partial charge on any atom is 0.313 e. The molecule has 16 heavy (non-hydrogen) atoms. The molecule has 4 heteroatoms. The lowest BCUT2D eigenvalue weighted by Crippen LogP contribution is -2.14. The van der Waals surface area contributed by atoms with Crippen molar-refractivity contribution in [2.75, 3.05) is 19.5 Å². The summed E-state index contributed by atoms with van der Waals surface area (Å²) in [6.45, 7) is 3.91. The van der Waals surface area contributed by atoms with E-state index in [0.29, 0.717) is 18.0 Å². The summed E-state index contributed by atoms with van der Waals surface area (Å²) in [6.07, 6.45) is 0. The van der Waals surface area contributed by atoms with Crippen LogP contribution in [-0.2, 0) is 9.53 Å². The number of rotatable bonds is 4. The van der Waals surface area contributed by atoms with E-state index in [1.54, 1.807) is 39.2 Å². The summed E-state index contributed by atoms with van der Waals surface area (Å²) < 4.78 is 10.0. The highest BCUT2D eigenvalue weighted by atomic mass is 16.5. The fourth-order valence-electron chi connectivity index (χ4n) is 1.51. The molecule has 2 N–H and O–H groups in total. The summed E-state index contributed by atoms with van der Waals surface area (Å²) in [7, 11) is 1.55. The first-order valence-corrected chi connectivity index (χ1v) is 5.20. The second-order valence-electron chi connectivity index (χ2n) is 3.44. The zero-order chi connectivity index (χ0) is 12.1. The standard InChI is InChI=1S/C12H17NO3/c1-4-16-12(14)8(2)9-6-5-7-10(15-3)11(9)13/h5-8H,4,13H2,1-3H3. The molecule has 4 nitrogen and oxygen atoms in total. The number of nitrogens with two attached hydrogens (primary N) is 1. The molecule has 0 fully saturated rings. The number of nitrogen functional groups attached to an aromatic ring is 1. The summed E-state index contributed by atoms with van der Waals surface area (Å²) in [4.78, 5) is 11.6. The Morgan fingerprint density at radius 2 is 2.19 bits per heavy atom. The molecule has 0 aliphatic carbocycles. The molecule has 0 spiro atoms. The van der Waals surface area contributed by atoms with Crippen molar-refractivity contribution in [3.05, 3.63) is 23.8 Å². The van der Waals surface area contributed by atoms with Crippen LogP contribution in [0.2, 0.25) is 0 Å². The molecule has 0 aromatic heterocycles. The molecular formula is C12H17NO3. The summed E-state index contributed by atoms with van der Waals surface area (Å²) in [5, 5.41) is 0. The number of carbonyl (C=O) groups excluding carboxylic acids is 1. The number of anilines is 1. The third kappa shape index (κ3) is 2.45. The maximum atomic E-state index is 11.6. The van der Waals surface area contributed by atoms with Crippen LogP contribution in [0, 0.1) is 0 Å². The number of esters is 1. The average Bonchev–Trinajstić information content (AvgIpc) is 2.29. The summed E-state index contributed by atoms with van der Waals surface area (Å²) in [6, 6.07) is 5.37. The third-order valence-corrected chi connectivity index (χ3v) is 2.43. The Balaban J connectivity index is 2.99. The number of methoxy groups -OCH3 is 1. The zero-order valence-corrected chi connectivity index (χ0v) is 9.82. The van der Waals surface area contributed by atoms with Gasteiger partial charge in [-0.15, -0.1) is 0 Å². The van der Waals surface area contributed by atoms with E-state index in [1.807, 2.05) is 0 Å². The van der Waals surface area contributed by atoms with Crippen LogP contribution < -0.4 is 10.5 Å². The number of hydrogen-bond acceptors (Lipinski definition) is 4. The molecule has 1 atom stereocenters. The molecular weight excluding hydrogens is 206 g/mol. The Morgan fingerprint density at radius 3 is 2.75 bits per heavy atom. The molecule has 0 bridgehead atoms. The molecule has 0 radical (unpaired) electrons. The summed E-state index contributed by atoms with van der Waals surface area (Å²) in [5.74, 6) is -0.0776. The highest BCUT2D eigenvalue weighted by Crippen LogP contribution is 2.30. The number of benzene rings is 1. The van der Waals surface area contributed by atoms with E-state index >= 15 is 0 Å². The molecule has 0 saturated carbocycles.